The number of hydrogen-bond acceptors (Lipinski definition) is 4. The fourth-order valence-electron chi connectivity index (χ4n) is 2.46. The summed E-state index contributed by atoms with van der Waals surface area (Å²) in [6.45, 7) is 8.82. The van der Waals surface area contributed by atoms with Gasteiger partial charge in [0.25, 0.3) is 0 Å². The first-order valence-electron chi connectivity index (χ1n) is 7.66. The van der Waals surface area contributed by atoms with E-state index in [9.17, 15) is 4.79 Å². The maximum absolute atomic E-state index is 11.7. The zero-order valence-corrected chi connectivity index (χ0v) is 17.7. The first-order chi connectivity index (χ1) is 10.4. The van der Waals surface area contributed by atoms with Crippen LogP contribution in [0.3, 0.4) is 0 Å². The zero-order valence-electron chi connectivity index (χ0n) is 14.5. The van der Waals surface area contributed by atoms with E-state index in [4.69, 9.17) is 17.3 Å². The summed E-state index contributed by atoms with van der Waals surface area (Å²) in [5.74, 6) is -0.106. The smallest absolute Gasteiger partial charge is 0.239 e. The molecular formula is C16H28Cl4N4O. The number of hydrogen-bond donors (Lipinski definition) is 2. The second-order valence-corrected chi connectivity index (χ2v) is 6.72. The highest BCUT2D eigenvalue weighted by Crippen LogP contribution is 2.20. The molecule has 0 aliphatic carbocycles. The molecule has 1 amide bonds. The fraction of sp³-hybridized carbons (Fsp3) is 0.562. The van der Waals surface area contributed by atoms with Crippen molar-refractivity contribution in [3.8, 4) is 0 Å². The minimum absolute atomic E-state index is 0. The van der Waals surface area contributed by atoms with Crippen molar-refractivity contribution < 1.29 is 4.79 Å². The van der Waals surface area contributed by atoms with E-state index in [1.165, 1.54) is 5.69 Å². The standard InChI is InChI=1S/C16H25ClN4O.3ClH/c1-16(2,18)15(22)19-6-7-20-8-10-21(11-9-20)14-5-3-4-13(17)12-14;;;/h3-5,12H,6-11,18H2,1-2H3,(H,19,22);3*1H. The van der Waals surface area contributed by atoms with Crippen LogP contribution in [0.2, 0.25) is 5.02 Å². The Labute approximate surface area is 173 Å². The Morgan fingerprint density at radius 1 is 1.20 bits per heavy atom. The van der Waals surface area contributed by atoms with Crippen molar-refractivity contribution in [2.75, 3.05) is 44.2 Å². The van der Waals surface area contributed by atoms with Gasteiger partial charge in [-0.1, -0.05) is 17.7 Å². The molecule has 1 aliphatic heterocycles. The molecule has 0 unspecified atom stereocenters. The Balaban J connectivity index is 0. The number of piperazine rings is 1. The molecule has 1 heterocycles. The molecule has 146 valence electrons. The van der Waals surface area contributed by atoms with Crippen molar-refractivity contribution in [1.82, 2.24) is 10.2 Å². The maximum atomic E-state index is 11.7. The van der Waals surface area contributed by atoms with Crippen LogP contribution in [0.25, 0.3) is 0 Å². The van der Waals surface area contributed by atoms with Gasteiger partial charge in [0.2, 0.25) is 5.91 Å². The van der Waals surface area contributed by atoms with Crippen molar-refractivity contribution in [1.29, 1.82) is 0 Å². The average molecular weight is 434 g/mol. The van der Waals surface area contributed by atoms with Gasteiger partial charge in [-0.25, -0.2) is 0 Å². The number of rotatable bonds is 5. The molecule has 9 heteroatoms. The first-order valence-corrected chi connectivity index (χ1v) is 8.04. The molecule has 0 bridgehead atoms. The molecule has 2 rings (SSSR count). The number of nitrogens with two attached hydrogens (primary N) is 1. The Kier molecular flexibility index (Phi) is 12.9. The molecule has 1 aliphatic rings. The molecule has 5 nitrogen and oxygen atoms in total. The van der Waals surface area contributed by atoms with Gasteiger partial charge in [0, 0.05) is 50.0 Å². The van der Waals surface area contributed by atoms with Crippen LogP contribution in [0.5, 0.6) is 0 Å². The Morgan fingerprint density at radius 2 is 1.80 bits per heavy atom. The molecule has 0 radical (unpaired) electrons. The summed E-state index contributed by atoms with van der Waals surface area (Å²) >= 11 is 6.04. The predicted octanol–water partition coefficient (Wildman–Crippen LogP) is 2.58. The number of anilines is 1. The molecule has 3 N–H and O–H groups in total. The number of nitrogens with one attached hydrogen (secondary N) is 1. The predicted molar refractivity (Wildman–Crippen MR) is 113 cm³/mol. The Bertz CT molecular complexity index is 517. The third kappa shape index (κ3) is 8.67. The van der Waals surface area contributed by atoms with E-state index >= 15 is 0 Å². The van der Waals surface area contributed by atoms with Gasteiger partial charge in [0.15, 0.2) is 0 Å². The van der Waals surface area contributed by atoms with Crippen molar-refractivity contribution in [3.63, 3.8) is 0 Å². The minimum atomic E-state index is -0.814. The average Bonchev–Trinajstić information content (AvgIpc) is 2.47. The van der Waals surface area contributed by atoms with Gasteiger partial charge in [-0.3, -0.25) is 9.69 Å². The van der Waals surface area contributed by atoms with Crippen LogP contribution in [0.4, 0.5) is 5.69 Å². The number of benzene rings is 1. The SMILES string of the molecule is CC(C)(N)C(=O)NCCN1CCN(c2cccc(Cl)c2)CC1.Cl.Cl.Cl. The van der Waals surface area contributed by atoms with E-state index in [0.29, 0.717) is 6.54 Å². The number of amides is 1. The summed E-state index contributed by atoms with van der Waals surface area (Å²) in [5.41, 5.74) is 6.11. The monoisotopic (exact) mass is 432 g/mol. The van der Waals surface area contributed by atoms with Crippen molar-refractivity contribution in [3.05, 3.63) is 29.3 Å². The number of nitrogens with zero attached hydrogens (tertiary/aromatic N) is 2. The lowest BCUT2D eigenvalue weighted by atomic mass is 10.1. The van der Waals surface area contributed by atoms with Crippen molar-refractivity contribution in [2.45, 2.75) is 19.4 Å². The molecule has 1 saturated heterocycles. The highest BCUT2D eigenvalue weighted by Gasteiger charge is 2.22. The Morgan fingerprint density at radius 3 is 2.32 bits per heavy atom. The van der Waals surface area contributed by atoms with Crippen molar-refractivity contribution in [2.24, 2.45) is 5.73 Å². The molecule has 1 aromatic rings. The second-order valence-electron chi connectivity index (χ2n) is 6.29. The van der Waals surface area contributed by atoms with Gasteiger partial charge in [-0.15, -0.1) is 37.2 Å². The van der Waals surface area contributed by atoms with E-state index in [-0.39, 0.29) is 43.1 Å². The second kappa shape index (κ2) is 12.0. The van der Waals surface area contributed by atoms with Gasteiger partial charge in [-0.2, -0.15) is 0 Å². The lowest BCUT2D eigenvalue weighted by Gasteiger charge is -2.36. The van der Waals surface area contributed by atoms with Gasteiger partial charge in [-0.05, 0) is 32.0 Å². The maximum Gasteiger partial charge on any atom is 0.239 e. The quantitative estimate of drug-likeness (QED) is 0.748. The van der Waals surface area contributed by atoms with Crippen LogP contribution in [0.15, 0.2) is 24.3 Å². The zero-order chi connectivity index (χ0) is 16.2. The molecule has 0 spiro atoms. The van der Waals surface area contributed by atoms with E-state index in [2.05, 4.69) is 21.2 Å². The molecule has 0 saturated carbocycles. The number of carbonyl (C=O) groups excluding carboxylic acids is 1. The third-order valence-electron chi connectivity index (χ3n) is 3.84. The fourth-order valence-corrected chi connectivity index (χ4v) is 2.64. The lowest BCUT2D eigenvalue weighted by Crippen LogP contribution is -2.52. The molecule has 0 atom stereocenters. The number of halogens is 4. The van der Waals surface area contributed by atoms with Crippen LogP contribution in [0, 0.1) is 0 Å². The molecule has 25 heavy (non-hydrogen) atoms. The van der Waals surface area contributed by atoms with Crippen molar-refractivity contribution >= 4 is 60.4 Å². The molecule has 1 fully saturated rings. The van der Waals surface area contributed by atoms with E-state index < -0.39 is 5.54 Å². The van der Waals surface area contributed by atoms with Crippen LogP contribution < -0.4 is 16.0 Å². The summed E-state index contributed by atoms with van der Waals surface area (Å²) in [7, 11) is 0. The Hall–Kier alpha value is -0.430. The van der Waals surface area contributed by atoms with E-state index in [0.717, 1.165) is 37.7 Å². The van der Waals surface area contributed by atoms with Crippen LogP contribution in [-0.2, 0) is 4.79 Å². The normalized spacial score (nSPS) is 14.6. The lowest BCUT2D eigenvalue weighted by molar-refractivity contribution is -0.125. The molecule has 1 aromatic carbocycles. The summed E-state index contributed by atoms with van der Waals surface area (Å²) in [6.07, 6.45) is 0. The third-order valence-corrected chi connectivity index (χ3v) is 4.08. The van der Waals surface area contributed by atoms with Gasteiger partial charge in [0.1, 0.15) is 0 Å². The molecule has 0 aromatic heterocycles. The summed E-state index contributed by atoms with van der Waals surface area (Å²) in [5, 5.41) is 3.65. The summed E-state index contributed by atoms with van der Waals surface area (Å²) in [4.78, 5) is 16.4. The van der Waals surface area contributed by atoms with Crippen LogP contribution in [0.1, 0.15) is 13.8 Å². The summed E-state index contributed by atoms with van der Waals surface area (Å²) < 4.78 is 0. The topological polar surface area (TPSA) is 61.6 Å². The number of carbonyl (C=O) groups is 1. The van der Waals surface area contributed by atoms with Crippen LogP contribution >= 0.6 is 48.8 Å². The van der Waals surface area contributed by atoms with Crippen LogP contribution in [-0.4, -0.2) is 55.6 Å². The highest BCUT2D eigenvalue weighted by atomic mass is 35.5. The highest BCUT2D eigenvalue weighted by molar-refractivity contribution is 6.30. The largest absolute Gasteiger partial charge is 0.369 e. The van der Waals surface area contributed by atoms with E-state index in [1.54, 1.807) is 13.8 Å². The first kappa shape index (κ1) is 26.8. The van der Waals surface area contributed by atoms with E-state index in [1.807, 2.05) is 18.2 Å². The van der Waals surface area contributed by atoms with Gasteiger partial charge < -0.3 is 16.0 Å². The minimum Gasteiger partial charge on any atom is -0.369 e. The van der Waals surface area contributed by atoms with Gasteiger partial charge >= 0.3 is 0 Å². The summed E-state index contributed by atoms with van der Waals surface area (Å²) in [6, 6.07) is 7.96. The van der Waals surface area contributed by atoms with Gasteiger partial charge in [0.05, 0.1) is 5.54 Å². The molecular weight excluding hydrogens is 406 g/mol.